The second-order valence-electron chi connectivity index (χ2n) is 5.47. The highest BCUT2D eigenvalue weighted by Crippen LogP contribution is 2.40. The number of aromatic nitrogens is 1. The van der Waals surface area contributed by atoms with Crippen molar-refractivity contribution in [3.63, 3.8) is 0 Å². The molecule has 0 atom stereocenters. The second kappa shape index (κ2) is 6.88. The molecule has 0 bridgehead atoms. The summed E-state index contributed by atoms with van der Waals surface area (Å²) in [4.78, 5) is 12.2. The smallest absolute Gasteiger partial charge is 0.432 e. The first-order valence-electron chi connectivity index (χ1n) is 7.55. The molecule has 3 nitrogen and oxygen atoms in total. The van der Waals surface area contributed by atoms with Crippen molar-refractivity contribution in [3.05, 3.63) is 77.1 Å². The molecule has 7 heteroatoms. The number of halogens is 4. The van der Waals surface area contributed by atoms with E-state index in [2.05, 4.69) is 4.74 Å². The minimum atomic E-state index is -4.76. The van der Waals surface area contributed by atoms with E-state index in [0.717, 1.165) is 11.7 Å². The number of ether oxygens (including phenoxy) is 1. The number of para-hydroxylation sites is 1. The first-order chi connectivity index (χ1) is 12.3. The number of rotatable bonds is 3. The van der Waals surface area contributed by atoms with Crippen LogP contribution < -0.4 is 0 Å². The van der Waals surface area contributed by atoms with Crippen molar-refractivity contribution < 1.29 is 22.7 Å². The molecule has 0 saturated heterocycles. The minimum Gasteiger partial charge on any atom is -0.465 e. The first-order valence-corrected chi connectivity index (χ1v) is 7.93. The van der Waals surface area contributed by atoms with Crippen LogP contribution in [0, 0.1) is 0 Å². The van der Waals surface area contributed by atoms with Gasteiger partial charge in [-0.15, -0.1) is 0 Å². The first kappa shape index (κ1) is 18.1. The van der Waals surface area contributed by atoms with E-state index in [1.807, 2.05) is 0 Å². The molecule has 0 aliphatic heterocycles. The molecule has 3 aromatic rings. The number of hydrogen-bond acceptors (Lipinski definition) is 2. The molecule has 3 rings (SSSR count). The molecule has 0 aliphatic rings. The quantitative estimate of drug-likeness (QED) is 0.554. The maximum Gasteiger partial charge on any atom is 0.432 e. The van der Waals surface area contributed by atoms with Crippen molar-refractivity contribution in [2.24, 2.45) is 0 Å². The SMILES string of the molecule is COC(=O)c1c(-c2ccc(Cl)cc2)cn(-c2ccccc2)c1C(F)(F)F. The zero-order valence-electron chi connectivity index (χ0n) is 13.5. The zero-order chi connectivity index (χ0) is 18.9. The van der Waals surface area contributed by atoms with E-state index in [4.69, 9.17) is 11.6 Å². The summed E-state index contributed by atoms with van der Waals surface area (Å²) in [5.74, 6) is -1.06. The molecule has 1 heterocycles. The largest absolute Gasteiger partial charge is 0.465 e. The summed E-state index contributed by atoms with van der Waals surface area (Å²) in [6.07, 6.45) is -3.47. The normalized spacial score (nSPS) is 11.4. The Morgan fingerprint density at radius 3 is 2.19 bits per heavy atom. The Bertz CT molecular complexity index is 932. The van der Waals surface area contributed by atoms with Gasteiger partial charge in [0.2, 0.25) is 0 Å². The van der Waals surface area contributed by atoms with Crippen LogP contribution in [-0.4, -0.2) is 17.6 Å². The molecule has 0 aliphatic carbocycles. The van der Waals surface area contributed by atoms with Gasteiger partial charge in [-0.05, 0) is 29.8 Å². The van der Waals surface area contributed by atoms with Crippen LogP contribution in [-0.2, 0) is 10.9 Å². The van der Waals surface area contributed by atoms with E-state index in [0.29, 0.717) is 10.6 Å². The molecule has 0 N–H and O–H groups in total. The number of esters is 1. The van der Waals surface area contributed by atoms with Gasteiger partial charge in [0.05, 0.1) is 12.7 Å². The lowest BCUT2D eigenvalue weighted by atomic mass is 10.0. The Morgan fingerprint density at radius 1 is 1.04 bits per heavy atom. The molecular weight excluding hydrogens is 367 g/mol. The average molecular weight is 380 g/mol. The molecule has 1 aromatic heterocycles. The Hall–Kier alpha value is -2.73. The highest BCUT2D eigenvalue weighted by molar-refractivity contribution is 6.30. The van der Waals surface area contributed by atoms with E-state index in [1.165, 1.54) is 18.3 Å². The Morgan fingerprint density at radius 2 is 1.65 bits per heavy atom. The summed E-state index contributed by atoms with van der Waals surface area (Å²) in [5, 5.41) is 0.437. The van der Waals surface area contributed by atoms with Crippen LogP contribution in [0.1, 0.15) is 16.1 Å². The van der Waals surface area contributed by atoms with Crippen molar-refractivity contribution in [2.45, 2.75) is 6.18 Å². The molecule has 0 unspecified atom stereocenters. The number of carbonyl (C=O) groups excluding carboxylic acids is 1. The van der Waals surface area contributed by atoms with Crippen LogP contribution in [0.25, 0.3) is 16.8 Å². The predicted molar refractivity (Wildman–Crippen MR) is 92.6 cm³/mol. The fourth-order valence-electron chi connectivity index (χ4n) is 2.73. The third kappa shape index (κ3) is 3.32. The summed E-state index contributed by atoms with van der Waals surface area (Å²) < 4.78 is 47.1. The van der Waals surface area contributed by atoms with Gasteiger partial charge in [0.25, 0.3) is 0 Å². The molecule has 26 heavy (non-hydrogen) atoms. The highest BCUT2D eigenvalue weighted by atomic mass is 35.5. The maximum atomic E-state index is 13.8. The summed E-state index contributed by atoms with van der Waals surface area (Å²) in [6.45, 7) is 0. The number of alkyl halides is 3. The van der Waals surface area contributed by atoms with Gasteiger partial charge >= 0.3 is 12.1 Å². The van der Waals surface area contributed by atoms with Gasteiger partial charge < -0.3 is 9.30 Å². The molecule has 2 aromatic carbocycles. The minimum absolute atomic E-state index is 0.115. The monoisotopic (exact) mass is 379 g/mol. The lowest BCUT2D eigenvalue weighted by Gasteiger charge is -2.13. The zero-order valence-corrected chi connectivity index (χ0v) is 14.3. The van der Waals surface area contributed by atoms with Crippen molar-refractivity contribution in [2.75, 3.05) is 7.11 Å². The summed E-state index contributed by atoms with van der Waals surface area (Å²) >= 11 is 5.86. The fourth-order valence-corrected chi connectivity index (χ4v) is 2.86. The third-order valence-corrected chi connectivity index (χ3v) is 4.10. The number of carbonyl (C=O) groups is 1. The van der Waals surface area contributed by atoms with E-state index >= 15 is 0 Å². The lowest BCUT2D eigenvalue weighted by Crippen LogP contribution is -2.17. The predicted octanol–water partition coefficient (Wildman–Crippen LogP) is 5.60. The average Bonchev–Trinajstić information content (AvgIpc) is 3.03. The van der Waals surface area contributed by atoms with Gasteiger partial charge in [0.15, 0.2) is 0 Å². The van der Waals surface area contributed by atoms with Crippen LogP contribution >= 0.6 is 11.6 Å². The molecule has 0 amide bonds. The van der Waals surface area contributed by atoms with Gasteiger partial charge in [-0.3, -0.25) is 0 Å². The van der Waals surface area contributed by atoms with Gasteiger partial charge in [-0.25, -0.2) is 4.79 Å². The van der Waals surface area contributed by atoms with Crippen LogP contribution in [0.5, 0.6) is 0 Å². The van der Waals surface area contributed by atoms with Crippen molar-refractivity contribution in [1.29, 1.82) is 0 Å². The second-order valence-corrected chi connectivity index (χ2v) is 5.90. The van der Waals surface area contributed by atoms with Crippen LogP contribution in [0.3, 0.4) is 0 Å². The molecule has 0 saturated carbocycles. The number of nitrogens with zero attached hydrogens (tertiary/aromatic N) is 1. The molecule has 0 spiro atoms. The Labute approximate surface area is 152 Å². The van der Waals surface area contributed by atoms with E-state index < -0.39 is 23.4 Å². The molecule has 0 radical (unpaired) electrons. The van der Waals surface area contributed by atoms with Crippen molar-refractivity contribution in [1.82, 2.24) is 4.57 Å². The lowest BCUT2D eigenvalue weighted by molar-refractivity contribution is -0.142. The standard InChI is InChI=1S/C19H13ClF3NO2/c1-26-18(25)16-15(12-7-9-13(20)10-8-12)11-24(17(16)19(21,22)23)14-5-3-2-4-6-14/h2-11H,1H3. The molecular formula is C19H13ClF3NO2. The summed E-state index contributed by atoms with van der Waals surface area (Å²) in [7, 11) is 1.05. The number of hydrogen-bond donors (Lipinski definition) is 0. The van der Waals surface area contributed by atoms with Gasteiger partial charge in [0.1, 0.15) is 5.69 Å². The van der Waals surface area contributed by atoms with E-state index in [9.17, 15) is 18.0 Å². The van der Waals surface area contributed by atoms with Crippen molar-refractivity contribution in [3.8, 4) is 16.8 Å². The third-order valence-electron chi connectivity index (χ3n) is 3.85. The van der Waals surface area contributed by atoms with Crippen LogP contribution in [0.4, 0.5) is 13.2 Å². The maximum absolute atomic E-state index is 13.8. The number of benzene rings is 2. The highest BCUT2D eigenvalue weighted by Gasteiger charge is 2.42. The fraction of sp³-hybridized carbons (Fsp3) is 0.105. The van der Waals surface area contributed by atoms with Crippen LogP contribution in [0.2, 0.25) is 5.02 Å². The van der Waals surface area contributed by atoms with Crippen LogP contribution in [0.15, 0.2) is 60.8 Å². The number of methoxy groups -OCH3 is 1. The Kier molecular flexibility index (Phi) is 4.78. The summed E-state index contributed by atoms with van der Waals surface area (Å²) in [6, 6.07) is 14.2. The van der Waals surface area contributed by atoms with Gasteiger partial charge in [0, 0.05) is 22.5 Å². The topological polar surface area (TPSA) is 31.2 Å². The molecule has 134 valence electrons. The van der Waals surface area contributed by atoms with Crippen molar-refractivity contribution >= 4 is 17.6 Å². The Balaban J connectivity index is 2.36. The van der Waals surface area contributed by atoms with E-state index in [1.54, 1.807) is 42.5 Å². The van der Waals surface area contributed by atoms with Gasteiger partial charge in [-0.1, -0.05) is 41.9 Å². The molecule has 0 fully saturated rings. The summed E-state index contributed by atoms with van der Waals surface area (Å²) in [5.41, 5.74) is -0.795. The van der Waals surface area contributed by atoms with E-state index in [-0.39, 0.29) is 11.3 Å². The van der Waals surface area contributed by atoms with Gasteiger partial charge in [-0.2, -0.15) is 13.2 Å².